The molecule has 0 bridgehead atoms. The molecule has 0 unspecified atom stereocenters. The molecule has 2 atom stereocenters. The zero-order valence-electron chi connectivity index (χ0n) is 30.1. The van der Waals surface area contributed by atoms with E-state index in [1.54, 1.807) is 31.5 Å². The van der Waals surface area contributed by atoms with Gasteiger partial charge in [0.2, 0.25) is 0 Å². The van der Waals surface area contributed by atoms with Crippen molar-refractivity contribution >= 4 is 6.09 Å². The Kier molecular flexibility index (Phi) is 11.7. The summed E-state index contributed by atoms with van der Waals surface area (Å²) in [6.45, 7) is 4.17. The van der Waals surface area contributed by atoms with Gasteiger partial charge in [0.1, 0.15) is 18.8 Å². The van der Waals surface area contributed by atoms with Crippen LogP contribution in [-0.4, -0.2) is 96.6 Å². The van der Waals surface area contributed by atoms with Crippen LogP contribution in [0, 0.1) is 0 Å². The van der Waals surface area contributed by atoms with Crippen molar-refractivity contribution in [2.45, 2.75) is 44.7 Å². The van der Waals surface area contributed by atoms with Gasteiger partial charge >= 0.3 is 6.09 Å². The second-order valence-corrected chi connectivity index (χ2v) is 12.8. The quantitative estimate of drug-likeness (QED) is 0.118. The first-order valence-corrected chi connectivity index (χ1v) is 17.9. The first kappa shape index (κ1) is 35.9. The Bertz CT molecular complexity index is 1930. The summed E-state index contributed by atoms with van der Waals surface area (Å²) in [5.41, 5.74) is 4.59. The smallest absolute Gasteiger partial charge is 0.410 e. The number of carbonyl (C=O) groups is 1. The van der Waals surface area contributed by atoms with Gasteiger partial charge in [-0.2, -0.15) is 10.2 Å². The average Bonchev–Trinajstić information content (AvgIpc) is 4.03. The van der Waals surface area contributed by atoms with Gasteiger partial charge in [0, 0.05) is 49.5 Å². The Labute approximate surface area is 308 Å². The topological polar surface area (TPSA) is 121 Å². The van der Waals surface area contributed by atoms with Crippen molar-refractivity contribution in [1.29, 1.82) is 0 Å². The van der Waals surface area contributed by atoms with E-state index in [4.69, 9.17) is 33.2 Å². The summed E-state index contributed by atoms with van der Waals surface area (Å²) in [5.74, 6) is 2.61. The fourth-order valence-corrected chi connectivity index (χ4v) is 6.50. The number of hydrogen-bond acceptors (Lipinski definition) is 10. The first-order valence-electron chi connectivity index (χ1n) is 17.9. The van der Waals surface area contributed by atoms with E-state index >= 15 is 0 Å². The summed E-state index contributed by atoms with van der Waals surface area (Å²) < 4.78 is 44.1. The van der Waals surface area contributed by atoms with E-state index in [0.717, 1.165) is 40.9 Å². The molecule has 0 saturated carbocycles. The molecule has 7 rings (SSSR count). The van der Waals surface area contributed by atoms with E-state index < -0.39 is 6.09 Å². The molecule has 0 N–H and O–H groups in total. The van der Waals surface area contributed by atoms with Crippen LogP contribution in [0.5, 0.6) is 23.0 Å². The maximum Gasteiger partial charge on any atom is 0.410 e. The van der Waals surface area contributed by atoms with Gasteiger partial charge in [-0.1, -0.05) is 30.3 Å². The summed E-state index contributed by atoms with van der Waals surface area (Å²) in [5, 5.41) is 9.11. The average molecular weight is 724 g/mol. The number of benzene rings is 3. The molecule has 2 aliphatic heterocycles. The predicted octanol–water partition coefficient (Wildman–Crippen LogP) is 6.11. The molecule has 0 radical (unpaired) electrons. The molecule has 3 aromatic carbocycles. The molecule has 0 spiro atoms. The highest BCUT2D eigenvalue weighted by Crippen LogP contribution is 2.35. The number of nitrogens with zero attached hydrogens (tertiary/aromatic N) is 5. The van der Waals surface area contributed by atoms with Crippen molar-refractivity contribution in [3.05, 3.63) is 96.8 Å². The normalized spacial score (nSPS) is 16.7. The third kappa shape index (κ3) is 8.93. The number of ether oxygens (including phenoxy) is 7. The lowest BCUT2D eigenvalue weighted by Gasteiger charge is -2.23. The van der Waals surface area contributed by atoms with Crippen molar-refractivity contribution < 1.29 is 38.0 Å². The summed E-state index contributed by atoms with van der Waals surface area (Å²) in [6.07, 6.45) is 4.69. The van der Waals surface area contributed by atoms with Gasteiger partial charge in [-0.25, -0.2) is 4.79 Å². The second-order valence-electron chi connectivity index (χ2n) is 12.8. The maximum absolute atomic E-state index is 13.7. The summed E-state index contributed by atoms with van der Waals surface area (Å²) >= 11 is 0. The minimum atomic E-state index is -0.422. The Morgan fingerprint density at radius 2 is 1.30 bits per heavy atom. The molecule has 13 heteroatoms. The molecule has 2 fully saturated rings. The van der Waals surface area contributed by atoms with Crippen LogP contribution in [0.2, 0.25) is 0 Å². The Morgan fingerprint density at radius 1 is 0.736 bits per heavy atom. The van der Waals surface area contributed by atoms with E-state index in [-0.39, 0.29) is 18.8 Å². The fourth-order valence-electron chi connectivity index (χ4n) is 6.50. The predicted molar refractivity (Wildman–Crippen MR) is 196 cm³/mol. The van der Waals surface area contributed by atoms with E-state index in [1.165, 1.54) is 0 Å². The molecule has 13 nitrogen and oxygen atoms in total. The molecule has 4 heterocycles. The van der Waals surface area contributed by atoms with Crippen LogP contribution in [0.3, 0.4) is 0 Å². The van der Waals surface area contributed by atoms with Crippen molar-refractivity contribution in [3.63, 3.8) is 0 Å². The maximum atomic E-state index is 13.7. The van der Waals surface area contributed by atoms with Crippen molar-refractivity contribution in [2.24, 2.45) is 0 Å². The Morgan fingerprint density at radius 3 is 1.83 bits per heavy atom. The number of hydrogen-bond donors (Lipinski definition) is 0. The lowest BCUT2D eigenvalue weighted by Crippen LogP contribution is -2.35. The SMILES string of the molecule is COc1ccc(-c2ccnn2CCOC(=O)N(CCn2nccc2-c2ccc(OC)c(O[C@@H]3CCOC3)c2)Cc2ccccc2)cc1O[C@@H]1CCOC1. The standard InChI is InChI=1S/C40H45N5O8/c1-47-36-10-8-30(24-38(36)52-32-14-21-49-27-32)34-12-16-41-44(34)19-18-43(26-29-6-4-3-5-7-29)40(46)51-23-20-45-35(13-17-42-45)31-9-11-37(48-2)39(25-31)53-33-15-22-50-28-33/h3-13,16-17,24-25,32-33H,14-15,18-23,26-28H2,1-2H3/t32-,33-/m1/s1. The zero-order valence-corrected chi connectivity index (χ0v) is 30.1. The summed E-state index contributed by atoms with van der Waals surface area (Å²) in [7, 11) is 3.26. The highest BCUT2D eigenvalue weighted by atomic mass is 16.6. The van der Waals surface area contributed by atoms with E-state index in [0.29, 0.717) is 75.6 Å². The second kappa shape index (κ2) is 17.3. The lowest BCUT2D eigenvalue weighted by atomic mass is 10.1. The molecule has 5 aromatic rings. The van der Waals surface area contributed by atoms with Crippen molar-refractivity contribution in [3.8, 4) is 45.5 Å². The molecular weight excluding hydrogens is 678 g/mol. The molecule has 2 aliphatic rings. The van der Waals surface area contributed by atoms with Crippen molar-refractivity contribution in [1.82, 2.24) is 24.5 Å². The molecule has 1 amide bonds. The van der Waals surface area contributed by atoms with Gasteiger partial charge in [-0.05, 0) is 54.1 Å². The molecule has 0 aliphatic carbocycles. The number of carbonyl (C=O) groups excluding carboxylic acids is 1. The number of amides is 1. The first-order chi connectivity index (χ1) is 26.1. The van der Waals surface area contributed by atoms with Gasteiger partial charge in [0.15, 0.2) is 23.0 Å². The van der Waals surface area contributed by atoms with Gasteiger partial charge in [0.05, 0.1) is 65.1 Å². The van der Waals surface area contributed by atoms with Gasteiger partial charge in [0.25, 0.3) is 0 Å². The highest BCUT2D eigenvalue weighted by Gasteiger charge is 2.22. The van der Waals surface area contributed by atoms with Crippen LogP contribution < -0.4 is 18.9 Å². The molecular formula is C40H45N5O8. The van der Waals surface area contributed by atoms with Crippen LogP contribution >= 0.6 is 0 Å². The minimum absolute atomic E-state index is 0.0192. The number of rotatable bonds is 16. The van der Waals surface area contributed by atoms with Gasteiger partial charge in [-0.3, -0.25) is 9.36 Å². The number of aromatic nitrogens is 4. The third-order valence-corrected chi connectivity index (χ3v) is 9.30. The van der Waals surface area contributed by atoms with E-state index in [9.17, 15) is 4.79 Å². The molecule has 53 heavy (non-hydrogen) atoms. The summed E-state index contributed by atoms with van der Waals surface area (Å²) in [6, 6.07) is 25.4. The third-order valence-electron chi connectivity index (χ3n) is 9.30. The Balaban J connectivity index is 1.02. The number of methoxy groups -OCH3 is 2. The van der Waals surface area contributed by atoms with Crippen LogP contribution in [-0.2, 0) is 33.8 Å². The van der Waals surface area contributed by atoms with Gasteiger partial charge in [-0.15, -0.1) is 0 Å². The Hall–Kier alpha value is -5.53. The minimum Gasteiger partial charge on any atom is -0.493 e. The molecule has 278 valence electrons. The fraction of sp³-hybridized carbons (Fsp3) is 0.375. The van der Waals surface area contributed by atoms with E-state index in [2.05, 4.69) is 10.2 Å². The van der Waals surface area contributed by atoms with Crippen LogP contribution in [0.4, 0.5) is 4.79 Å². The van der Waals surface area contributed by atoms with E-state index in [1.807, 2.05) is 88.2 Å². The van der Waals surface area contributed by atoms with Gasteiger partial charge < -0.3 is 38.1 Å². The van der Waals surface area contributed by atoms with Crippen LogP contribution in [0.25, 0.3) is 22.5 Å². The monoisotopic (exact) mass is 723 g/mol. The molecule has 2 saturated heterocycles. The lowest BCUT2D eigenvalue weighted by molar-refractivity contribution is 0.0940. The highest BCUT2D eigenvalue weighted by molar-refractivity contribution is 5.68. The van der Waals surface area contributed by atoms with Crippen LogP contribution in [0.15, 0.2) is 91.3 Å². The molecule has 2 aromatic heterocycles. The van der Waals surface area contributed by atoms with Crippen LogP contribution in [0.1, 0.15) is 18.4 Å². The zero-order chi connectivity index (χ0) is 36.4. The van der Waals surface area contributed by atoms with Crippen molar-refractivity contribution in [2.75, 3.05) is 53.8 Å². The largest absolute Gasteiger partial charge is 0.493 e. The summed E-state index contributed by atoms with van der Waals surface area (Å²) in [4.78, 5) is 15.4.